The lowest BCUT2D eigenvalue weighted by Crippen LogP contribution is -2.19. The van der Waals surface area contributed by atoms with Crippen LogP contribution in [0.15, 0.2) is 36.4 Å². The van der Waals surface area contributed by atoms with Crippen molar-refractivity contribution in [1.82, 2.24) is 5.32 Å². The van der Waals surface area contributed by atoms with Crippen LogP contribution in [-0.4, -0.2) is 21.3 Å². The molecule has 112 valence electrons. The van der Waals surface area contributed by atoms with Crippen molar-refractivity contribution in [1.29, 1.82) is 0 Å². The number of halogens is 1. The molecular weight excluding hydrogens is 269 g/mol. The van der Waals surface area contributed by atoms with Crippen molar-refractivity contribution in [3.8, 4) is 11.5 Å². The highest BCUT2D eigenvalue weighted by atomic mass is 19.1. The molecule has 2 rings (SSSR count). The summed E-state index contributed by atoms with van der Waals surface area (Å²) in [5.74, 6) is 0.577. The Morgan fingerprint density at radius 3 is 2.29 bits per heavy atom. The molecule has 2 aromatic carbocycles. The van der Waals surface area contributed by atoms with E-state index in [2.05, 4.69) is 5.32 Å². The van der Waals surface area contributed by atoms with Crippen molar-refractivity contribution in [2.75, 3.05) is 21.3 Å². The topological polar surface area (TPSA) is 30.5 Å². The third-order valence-corrected chi connectivity index (χ3v) is 3.48. The van der Waals surface area contributed by atoms with E-state index in [0.717, 1.165) is 11.1 Å². The summed E-state index contributed by atoms with van der Waals surface area (Å²) in [4.78, 5) is 0. The van der Waals surface area contributed by atoms with Gasteiger partial charge in [-0.25, -0.2) is 4.39 Å². The normalized spacial score (nSPS) is 12.0. The van der Waals surface area contributed by atoms with Gasteiger partial charge in [-0.1, -0.05) is 29.8 Å². The van der Waals surface area contributed by atoms with Gasteiger partial charge in [0, 0.05) is 11.6 Å². The maximum absolute atomic E-state index is 14.4. The zero-order valence-corrected chi connectivity index (χ0v) is 12.7. The highest BCUT2D eigenvalue weighted by Crippen LogP contribution is 2.34. The third-order valence-electron chi connectivity index (χ3n) is 3.48. The second kappa shape index (κ2) is 6.59. The first-order valence-corrected chi connectivity index (χ1v) is 6.76. The smallest absolute Gasteiger partial charge is 0.163 e. The van der Waals surface area contributed by atoms with E-state index in [9.17, 15) is 4.39 Å². The first-order chi connectivity index (χ1) is 10.1. The Labute approximate surface area is 124 Å². The first kappa shape index (κ1) is 15.3. The van der Waals surface area contributed by atoms with Gasteiger partial charge in [0.05, 0.1) is 20.3 Å². The largest absolute Gasteiger partial charge is 0.493 e. The summed E-state index contributed by atoms with van der Waals surface area (Å²) in [5, 5.41) is 3.16. The van der Waals surface area contributed by atoms with Crippen LogP contribution in [0, 0.1) is 12.7 Å². The van der Waals surface area contributed by atoms with Gasteiger partial charge in [-0.2, -0.15) is 0 Å². The summed E-state index contributed by atoms with van der Waals surface area (Å²) in [6, 6.07) is 10.8. The van der Waals surface area contributed by atoms with E-state index in [1.807, 2.05) is 38.2 Å². The summed E-state index contributed by atoms with van der Waals surface area (Å²) in [6.07, 6.45) is 0. The average molecular weight is 289 g/mol. The van der Waals surface area contributed by atoms with Gasteiger partial charge in [-0.05, 0) is 25.6 Å². The highest BCUT2D eigenvalue weighted by molar-refractivity contribution is 5.47. The number of benzene rings is 2. The van der Waals surface area contributed by atoms with Crippen LogP contribution in [0.5, 0.6) is 11.5 Å². The fourth-order valence-corrected chi connectivity index (χ4v) is 2.44. The minimum atomic E-state index is -0.325. The Morgan fingerprint density at radius 2 is 1.71 bits per heavy atom. The monoisotopic (exact) mass is 289 g/mol. The predicted molar refractivity (Wildman–Crippen MR) is 81.6 cm³/mol. The summed E-state index contributed by atoms with van der Waals surface area (Å²) < 4.78 is 24.8. The zero-order chi connectivity index (χ0) is 15.4. The lowest BCUT2D eigenvalue weighted by atomic mass is 9.96. The van der Waals surface area contributed by atoms with Crippen LogP contribution in [0.25, 0.3) is 0 Å². The molecule has 0 aliphatic carbocycles. The summed E-state index contributed by atoms with van der Waals surface area (Å²) in [7, 11) is 4.84. The van der Waals surface area contributed by atoms with Crippen molar-refractivity contribution < 1.29 is 13.9 Å². The molecule has 3 nitrogen and oxygen atoms in total. The molecule has 0 heterocycles. The molecular formula is C17H20FNO2. The molecule has 0 aliphatic heterocycles. The van der Waals surface area contributed by atoms with Crippen molar-refractivity contribution in [3.63, 3.8) is 0 Å². The van der Waals surface area contributed by atoms with E-state index in [1.54, 1.807) is 13.2 Å². The molecule has 0 saturated heterocycles. The van der Waals surface area contributed by atoms with Crippen LogP contribution >= 0.6 is 0 Å². The van der Waals surface area contributed by atoms with Gasteiger partial charge in [0.15, 0.2) is 11.5 Å². The van der Waals surface area contributed by atoms with Gasteiger partial charge in [-0.3, -0.25) is 0 Å². The Hall–Kier alpha value is -2.07. The van der Waals surface area contributed by atoms with Crippen molar-refractivity contribution in [3.05, 3.63) is 58.9 Å². The average Bonchev–Trinajstić information content (AvgIpc) is 2.49. The first-order valence-electron chi connectivity index (χ1n) is 6.76. The third kappa shape index (κ3) is 3.16. The van der Waals surface area contributed by atoms with E-state index < -0.39 is 0 Å². The molecule has 0 amide bonds. The molecule has 0 fully saturated rings. The Morgan fingerprint density at radius 1 is 1.05 bits per heavy atom. The van der Waals surface area contributed by atoms with E-state index in [1.165, 1.54) is 13.2 Å². The zero-order valence-electron chi connectivity index (χ0n) is 12.7. The second-order valence-electron chi connectivity index (χ2n) is 4.86. The number of rotatable bonds is 5. The van der Waals surface area contributed by atoms with Gasteiger partial charge < -0.3 is 14.8 Å². The second-order valence-corrected chi connectivity index (χ2v) is 4.86. The summed E-state index contributed by atoms with van der Waals surface area (Å²) in [5.41, 5.74) is 2.66. The van der Waals surface area contributed by atoms with Gasteiger partial charge in [0.2, 0.25) is 0 Å². The number of aryl methyl sites for hydroxylation is 1. The molecule has 0 spiro atoms. The van der Waals surface area contributed by atoms with Crippen LogP contribution in [0.3, 0.4) is 0 Å². The molecule has 4 heteroatoms. The lowest BCUT2D eigenvalue weighted by Gasteiger charge is -2.20. The van der Waals surface area contributed by atoms with E-state index in [-0.39, 0.29) is 11.9 Å². The standard InChI is InChI=1S/C17H20FNO2/c1-11-6-5-7-12(8-11)17(19-2)13-9-15(20-3)16(21-4)10-14(13)18/h5-10,17,19H,1-4H3. The number of hydrogen-bond acceptors (Lipinski definition) is 3. The maximum Gasteiger partial charge on any atom is 0.163 e. The molecule has 1 N–H and O–H groups in total. The molecule has 2 aromatic rings. The molecule has 0 bridgehead atoms. The number of methoxy groups -OCH3 is 2. The van der Waals surface area contributed by atoms with Crippen LogP contribution in [0.2, 0.25) is 0 Å². The maximum atomic E-state index is 14.4. The molecule has 1 atom stereocenters. The lowest BCUT2D eigenvalue weighted by molar-refractivity contribution is 0.351. The van der Waals surface area contributed by atoms with Crippen LogP contribution in [-0.2, 0) is 0 Å². The molecule has 0 radical (unpaired) electrons. The molecule has 21 heavy (non-hydrogen) atoms. The van der Waals surface area contributed by atoms with Gasteiger partial charge in [-0.15, -0.1) is 0 Å². The van der Waals surface area contributed by atoms with E-state index in [0.29, 0.717) is 17.1 Å². The Kier molecular flexibility index (Phi) is 4.81. The molecule has 1 unspecified atom stereocenters. The van der Waals surface area contributed by atoms with Crippen LogP contribution < -0.4 is 14.8 Å². The fourth-order valence-electron chi connectivity index (χ4n) is 2.44. The number of nitrogens with one attached hydrogen (secondary N) is 1. The minimum absolute atomic E-state index is 0.246. The quantitative estimate of drug-likeness (QED) is 0.914. The van der Waals surface area contributed by atoms with Gasteiger partial charge in [0.25, 0.3) is 0 Å². The van der Waals surface area contributed by atoms with Crippen molar-refractivity contribution in [2.24, 2.45) is 0 Å². The van der Waals surface area contributed by atoms with E-state index >= 15 is 0 Å². The summed E-state index contributed by atoms with van der Waals surface area (Å²) in [6.45, 7) is 2.02. The highest BCUT2D eigenvalue weighted by Gasteiger charge is 2.19. The molecule has 0 saturated carbocycles. The Balaban J connectivity index is 2.52. The van der Waals surface area contributed by atoms with E-state index in [4.69, 9.17) is 9.47 Å². The van der Waals surface area contributed by atoms with Gasteiger partial charge in [0.1, 0.15) is 5.82 Å². The van der Waals surface area contributed by atoms with Crippen LogP contribution in [0.1, 0.15) is 22.7 Å². The van der Waals surface area contributed by atoms with Gasteiger partial charge >= 0.3 is 0 Å². The fraction of sp³-hybridized carbons (Fsp3) is 0.294. The number of ether oxygens (including phenoxy) is 2. The minimum Gasteiger partial charge on any atom is -0.493 e. The number of hydrogen-bond donors (Lipinski definition) is 1. The van der Waals surface area contributed by atoms with Crippen molar-refractivity contribution in [2.45, 2.75) is 13.0 Å². The Bertz CT molecular complexity index is 628. The van der Waals surface area contributed by atoms with Crippen molar-refractivity contribution >= 4 is 0 Å². The predicted octanol–water partition coefficient (Wildman–Crippen LogP) is 3.46. The summed E-state index contributed by atoms with van der Waals surface area (Å²) >= 11 is 0. The van der Waals surface area contributed by atoms with Crippen LogP contribution in [0.4, 0.5) is 4.39 Å². The molecule has 0 aliphatic rings. The SMILES string of the molecule is CNC(c1cccc(C)c1)c1cc(OC)c(OC)cc1F. The molecule has 0 aromatic heterocycles.